The van der Waals surface area contributed by atoms with Gasteiger partial charge in [-0.15, -0.1) is 0 Å². The molecule has 1 aliphatic rings. The number of carbonyl (C=O) groups excluding carboxylic acids is 2. The number of rotatable bonds is 8. The fraction of sp³-hybridized carbons (Fsp3) is 0.333. The van der Waals surface area contributed by atoms with Gasteiger partial charge in [0.1, 0.15) is 11.5 Å². The standard InChI is InChI=1S/C21H24ClN3O4/c1-24(2)10-5-11-25-17-12-15(8-9-19(17)29-14-21(25)27)23-20(26)13-28-18-7-4-3-6-16(18)22/h3-4,6-9,12H,5,10-11,13-14H2,1-2H3,(H,23,26). The van der Waals surface area contributed by atoms with Crippen molar-refractivity contribution in [3.05, 3.63) is 47.5 Å². The minimum atomic E-state index is -0.327. The van der Waals surface area contributed by atoms with Gasteiger partial charge in [0.25, 0.3) is 11.8 Å². The Morgan fingerprint density at radius 2 is 2.07 bits per heavy atom. The second kappa shape index (κ2) is 9.62. The van der Waals surface area contributed by atoms with Crippen LogP contribution >= 0.6 is 11.6 Å². The van der Waals surface area contributed by atoms with Crippen LogP contribution in [0.3, 0.4) is 0 Å². The Morgan fingerprint density at radius 3 is 2.83 bits per heavy atom. The van der Waals surface area contributed by atoms with Crippen molar-refractivity contribution in [3.63, 3.8) is 0 Å². The molecule has 0 aliphatic carbocycles. The van der Waals surface area contributed by atoms with Crippen LogP contribution in [0.1, 0.15) is 6.42 Å². The van der Waals surface area contributed by atoms with Crippen LogP contribution in [-0.2, 0) is 9.59 Å². The lowest BCUT2D eigenvalue weighted by Crippen LogP contribution is -2.40. The minimum absolute atomic E-state index is 0.0202. The Bertz CT molecular complexity index is 888. The third-order valence-electron chi connectivity index (χ3n) is 4.37. The number of amides is 2. The normalized spacial score (nSPS) is 13.1. The zero-order chi connectivity index (χ0) is 20.8. The molecule has 1 aliphatic heterocycles. The maximum absolute atomic E-state index is 12.3. The Kier molecular flexibility index (Phi) is 6.95. The van der Waals surface area contributed by atoms with Crippen LogP contribution in [-0.4, -0.2) is 57.1 Å². The number of fused-ring (bicyclic) bond motifs is 1. The number of para-hydroxylation sites is 1. The van der Waals surface area contributed by atoms with E-state index in [1.807, 2.05) is 14.1 Å². The number of hydrogen-bond donors (Lipinski definition) is 1. The second-order valence-corrected chi connectivity index (χ2v) is 7.35. The minimum Gasteiger partial charge on any atom is -0.482 e. The third kappa shape index (κ3) is 5.62. The predicted molar refractivity (Wildman–Crippen MR) is 113 cm³/mol. The number of carbonyl (C=O) groups is 2. The molecule has 3 rings (SSSR count). The van der Waals surface area contributed by atoms with Gasteiger partial charge in [0.2, 0.25) is 0 Å². The van der Waals surface area contributed by atoms with Crippen molar-refractivity contribution in [1.29, 1.82) is 0 Å². The number of nitrogens with one attached hydrogen (secondary N) is 1. The molecule has 0 spiro atoms. The van der Waals surface area contributed by atoms with E-state index in [9.17, 15) is 9.59 Å². The van der Waals surface area contributed by atoms with Gasteiger partial charge in [0, 0.05) is 12.2 Å². The summed E-state index contributed by atoms with van der Waals surface area (Å²) in [5, 5.41) is 3.23. The summed E-state index contributed by atoms with van der Waals surface area (Å²) in [6.45, 7) is 1.30. The van der Waals surface area contributed by atoms with Crippen LogP contribution in [0.2, 0.25) is 5.02 Å². The number of hydrogen-bond acceptors (Lipinski definition) is 5. The van der Waals surface area contributed by atoms with Gasteiger partial charge in [-0.25, -0.2) is 0 Å². The molecule has 0 bridgehead atoms. The molecule has 1 heterocycles. The SMILES string of the molecule is CN(C)CCCN1C(=O)COc2ccc(NC(=O)COc3ccccc3Cl)cc21. The lowest BCUT2D eigenvalue weighted by molar-refractivity contribution is -0.121. The largest absolute Gasteiger partial charge is 0.482 e. The van der Waals surface area contributed by atoms with E-state index in [1.165, 1.54) is 0 Å². The lowest BCUT2D eigenvalue weighted by atomic mass is 10.2. The Hall–Kier alpha value is -2.77. The first-order chi connectivity index (χ1) is 13.9. The molecule has 1 N–H and O–H groups in total. The third-order valence-corrected chi connectivity index (χ3v) is 4.68. The quantitative estimate of drug-likeness (QED) is 0.714. The van der Waals surface area contributed by atoms with Crippen molar-refractivity contribution >= 4 is 34.8 Å². The molecular weight excluding hydrogens is 394 g/mol. The molecule has 29 heavy (non-hydrogen) atoms. The highest BCUT2D eigenvalue weighted by atomic mass is 35.5. The van der Waals surface area contributed by atoms with Crippen LogP contribution in [0.15, 0.2) is 42.5 Å². The van der Waals surface area contributed by atoms with Crippen LogP contribution in [0.4, 0.5) is 11.4 Å². The van der Waals surface area contributed by atoms with Gasteiger partial charge in [-0.1, -0.05) is 23.7 Å². The zero-order valence-electron chi connectivity index (χ0n) is 16.5. The molecule has 2 amide bonds. The predicted octanol–water partition coefficient (Wildman–Crippen LogP) is 3.03. The first-order valence-electron chi connectivity index (χ1n) is 9.33. The van der Waals surface area contributed by atoms with E-state index in [0.717, 1.165) is 13.0 Å². The van der Waals surface area contributed by atoms with Crippen molar-refractivity contribution < 1.29 is 19.1 Å². The Labute approximate surface area is 175 Å². The van der Waals surface area contributed by atoms with Gasteiger partial charge >= 0.3 is 0 Å². The summed E-state index contributed by atoms with van der Waals surface area (Å²) in [5.41, 5.74) is 1.22. The van der Waals surface area contributed by atoms with Crippen molar-refractivity contribution in [2.75, 3.05) is 50.6 Å². The van der Waals surface area contributed by atoms with Crippen molar-refractivity contribution in [3.8, 4) is 11.5 Å². The summed E-state index contributed by atoms with van der Waals surface area (Å²) in [4.78, 5) is 28.4. The Balaban J connectivity index is 1.65. The molecule has 0 saturated heterocycles. The van der Waals surface area contributed by atoms with Gasteiger partial charge in [-0.05, 0) is 57.4 Å². The summed E-state index contributed by atoms with van der Waals surface area (Å²) >= 11 is 6.03. The molecule has 7 nitrogen and oxygen atoms in total. The number of halogens is 1. The highest BCUT2D eigenvalue weighted by Gasteiger charge is 2.25. The number of benzene rings is 2. The van der Waals surface area contributed by atoms with Crippen LogP contribution in [0.5, 0.6) is 11.5 Å². The van der Waals surface area contributed by atoms with E-state index in [1.54, 1.807) is 47.4 Å². The van der Waals surface area contributed by atoms with Gasteiger partial charge in [0.05, 0.1) is 10.7 Å². The summed E-state index contributed by atoms with van der Waals surface area (Å²) < 4.78 is 11.0. The van der Waals surface area contributed by atoms with Crippen LogP contribution in [0.25, 0.3) is 0 Å². The average molecular weight is 418 g/mol. The zero-order valence-corrected chi connectivity index (χ0v) is 17.2. The van der Waals surface area contributed by atoms with E-state index < -0.39 is 0 Å². The van der Waals surface area contributed by atoms with E-state index in [-0.39, 0.29) is 25.0 Å². The van der Waals surface area contributed by atoms with E-state index in [0.29, 0.717) is 34.4 Å². The first kappa shape index (κ1) is 21.0. The summed E-state index contributed by atoms with van der Waals surface area (Å²) in [5.74, 6) is 0.648. The van der Waals surface area contributed by atoms with Crippen molar-refractivity contribution in [2.24, 2.45) is 0 Å². The number of ether oxygens (including phenoxy) is 2. The monoisotopic (exact) mass is 417 g/mol. The summed E-state index contributed by atoms with van der Waals surface area (Å²) in [7, 11) is 3.99. The molecule has 0 saturated carbocycles. The molecule has 2 aromatic rings. The van der Waals surface area contributed by atoms with Gasteiger partial charge in [0.15, 0.2) is 13.2 Å². The Morgan fingerprint density at radius 1 is 1.28 bits per heavy atom. The van der Waals surface area contributed by atoms with Gasteiger partial charge in [-0.2, -0.15) is 0 Å². The summed E-state index contributed by atoms with van der Waals surface area (Å²) in [6, 6.07) is 12.2. The van der Waals surface area contributed by atoms with Crippen LogP contribution < -0.4 is 19.7 Å². The van der Waals surface area contributed by atoms with E-state index in [4.69, 9.17) is 21.1 Å². The summed E-state index contributed by atoms with van der Waals surface area (Å²) in [6.07, 6.45) is 0.834. The lowest BCUT2D eigenvalue weighted by Gasteiger charge is -2.30. The van der Waals surface area contributed by atoms with Crippen molar-refractivity contribution in [1.82, 2.24) is 4.90 Å². The van der Waals surface area contributed by atoms with E-state index in [2.05, 4.69) is 10.2 Å². The highest BCUT2D eigenvalue weighted by Crippen LogP contribution is 2.34. The molecular formula is C21H24ClN3O4. The maximum atomic E-state index is 12.3. The fourth-order valence-electron chi connectivity index (χ4n) is 2.97. The molecule has 0 radical (unpaired) electrons. The molecule has 0 unspecified atom stereocenters. The van der Waals surface area contributed by atoms with Gasteiger partial charge in [-0.3, -0.25) is 9.59 Å². The molecule has 8 heteroatoms. The molecule has 0 fully saturated rings. The topological polar surface area (TPSA) is 71.1 Å². The fourth-order valence-corrected chi connectivity index (χ4v) is 3.16. The maximum Gasteiger partial charge on any atom is 0.265 e. The number of nitrogens with zero attached hydrogens (tertiary/aromatic N) is 2. The molecule has 154 valence electrons. The van der Waals surface area contributed by atoms with E-state index >= 15 is 0 Å². The molecule has 0 aromatic heterocycles. The smallest absolute Gasteiger partial charge is 0.265 e. The van der Waals surface area contributed by atoms with Gasteiger partial charge < -0.3 is 24.6 Å². The van der Waals surface area contributed by atoms with Crippen molar-refractivity contribution in [2.45, 2.75) is 6.42 Å². The first-order valence-corrected chi connectivity index (χ1v) is 9.71. The number of anilines is 2. The second-order valence-electron chi connectivity index (χ2n) is 6.94. The average Bonchev–Trinajstić information content (AvgIpc) is 2.69. The molecule has 2 aromatic carbocycles. The van der Waals surface area contributed by atoms with Crippen LogP contribution in [0, 0.1) is 0 Å². The highest BCUT2D eigenvalue weighted by molar-refractivity contribution is 6.32. The molecule has 0 atom stereocenters.